The Morgan fingerprint density at radius 2 is 1.65 bits per heavy atom. The number of aromatic hydroxyl groups is 1. The van der Waals surface area contributed by atoms with Gasteiger partial charge < -0.3 is 19.1 Å². The van der Waals surface area contributed by atoms with Crippen LogP contribution in [0.2, 0.25) is 0 Å². The Kier molecular flexibility index (Phi) is 7.98. The van der Waals surface area contributed by atoms with Crippen molar-refractivity contribution in [1.29, 1.82) is 0 Å². The number of aryl methyl sites for hydroxylation is 1. The third-order valence-electron chi connectivity index (χ3n) is 9.36. The van der Waals surface area contributed by atoms with E-state index in [1.54, 1.807) is 61.1 Å². The van der Waals surface area contributed by atoms with Gasteiger partial charge in [0, 0.05) is 60.4 Å². The van der Waals surface area contributed by atoms with E-state index >= 15 is 0 Å². The summed E-state index contributed by atoms with van der Waals surface area (Å²) in [5.41, 5.74) is 4.57. The number of halogens is 3. The van der Waals surface area contributed by atoms with Gasteiger partial charge in [0.15, 0.2) is 0 Å². The number of aromatic nitrogens is 3. The smallest absolute Gasteiger partial charge is 0.264 e. The molecule has 0 saturated carbocycles. The minimum atomic E-state index is -2.79. The number of hydrogen-bond donors (Lipinski definition) is 1. The summed E-state index contributed by atoms with van der Waals surface area (Å²) in [6.07, 6.45) is 0.657. The molecule has 1 N–H and O–H groups in total. The van der Waals surface area contributed by atoms with Crippen molar-refractivity contribution in [2.45, 2.75) is 32.4 Å². The quantitative estimate of drug-likeness (QED) is 0.200. The van der Waals surface area contributed by atoms with Crippen molar-refractivity contribution in [3.05, 3.63) is 131 Å². The molecule has 0 aliphatic carbocycles. The van der Waals surface area contributed by atoms with Crippen LogP contribution < -0.4 is 4.90 Å². The Morgan fingerprint density at radius 1 is 0.918 bits per heavy atom. The minimum absolute atomic E-state index is 0.00521. The first-order chi connectivity index (χ1) is 23.5. The number of pyridine rings is 1. The standard InChI is InChI=1S/C38H32F3N5O3/c1-22-31(38(49)46(27-9-11-29(47)12-10-27)28-16-24-14-15-43(2)36(24)42-20-28)19-33(44(22)3)32-18-26(39)8-13-30(32)37(48)45-21-25-7-5-4-6-23(25)17-34(45)35(40)41/h4-16,18-20,34-35,47H,17,21H2,1-3H3/t34-/m0/s1. The molecular formula is C38H32F3N5O3. The first-order valence-corrected chi connectivity index (χ1v) is 15.7. The summed E-state index contributed by atoms with van der Waals surface area (Å²) in [6, 6.07) is 20.9. The monoisotopic (exact) mass is 663 g/mol. The van der Waals surface area contributed by atoms with Crippen molar-refractivity contribution in [2.75, 3.05) is 4.90 Å². The van der Waals surface area contributed by atoms with E-state index in [-0.39, 0.29) is 35.4 Å². The number of anilines is 2. The number of amides is 2. The predicted molar refractivity (Wildman–Crippen MR) is 181 cm³/mol. The zero-order chi connectivity index (χ0) is 34.6. The molecule has 248 valence electrons. The number of phenols is 1. The lowest BCUT2D eigenvalue weighted by molar-refractivity contribution is 0.0141. The summed E-state index contributed by atoms with van der Waals surface area (Å²) in [4.78, 5) is 35.9. The van der Waals surface area contributed by atoms with Gasteiger partial charge in [0.25, 0.3) is 18.2 Å². The summed E-state index contributed by atoms with van der Waals surface area (Å²) in [6.45, 7) is 1.72. The lowest BCUT2D eigenvalue weighted by Crippen LogP contribution is -2.48. The molecule has 49 heavy (non-hydrogen) atoms. The van der Waals surface area contributed by atoms with E-state index in [0.29, 0.717) is 22.8 Å². The van der Waals surface area contributed by atoms with Crippen LogP contribution in [0.25, 0.3) is 22.3 Å². The number of carbonyl (C=O) groups excluding carboxylic acids is 2. The van der Waals surface area contributed by atoms with Gasteiger partial charge in [-0.1, -0.05) is 24.3 Å². The Morgan fingerprint density at radius 3 is 2.39 bits per heavy atom. The minimum Gasteiger partial charge on any atom is -0.508 e. The normalized spacial score (nSPS) is 14.3. The highest BCUT2D eigenvalue weighted by molar-refractivity contribution is 6.13. The number of rotatable bonds is 6. The molecule has 0 unspecified atom stereocenters. The van der Waals surface area contributed by atoms with Gasteiger partial charge in [-0.15, -0.1) is 0 Å². The average molecular weight is 664 g/mol. The number of phenolic OH excluding ortho intramolecular Hbond substituents is 1. The number of hydrogen-bond acceptors (Lipinski definition) is 4. The van der Waals surface area contributed by atoms with Gasteiger partial charge in [0.1, 0.15) is 17.2 Å². The fourth-order valence-electron chi connectivity index (χ4n) is 6.61. The maximum absolute atomic E-state index is 14.9. The summed E-state index contributed by atoms with van der Waals surface area (Å²) in [5.74, 6) is -1.69. The van der Waals surface area contributed by atoms with E-state index in [9.17, 15) is 27.9 Å². The van der Waals surface area contributed by atoms with Gasteiger partial charge >= 0.3 is 0 Å². The van der Waals surface area contributed by atoms with E-state index < -0.39 is 30.1 Å². The highest BCUT2D eigenvalue weighted by Gasteiger charge is 2.37. The van der Waals surface area contributed by atoms with Crippen molar-refractivity contribution in [2.24, 2.45) is 14.1 Å². The van der Waals surface area contributed by atoms with Crippen LogP contribution in [0.15, 0.2) is 97.3 Å². The second-order valence-electron chi connectivity index (χ2n) is 12.3. The Hall–Kier alpha value is -5.84. The molecule has 2 amide bonds. The van der Waals surface area contributed by atoms with Crippen molar-refractivity contribution < 1.29 is 27.9 Å². The third-order valence-corrected chi connectivity index (χ3v) is 9.36. The van der Waals surface area contributed by atoms with Crippen molar-refractivity contribution in [3.8, 4) is 17.0 Å². The number of nitrogens with zero attached hydrogens (tertiary/aromatic N) is 5. The molecule has 3 aromatic heterocycles. The van der Waals surface area contributed by atoms with Gasteiger partial charge in [0.05, 0.1) is 23.5 Å². The molecule has 1 aliphatic heterocycles. The summed E-state index contributed by atoms with van der Waals surface area (Å²) in [7, 11) is 3.57. The maximum Gasteiger partial charge on any atom is 0.264 e. The fourth-order valence-corrected chi connectivity index (χ4v) is 6.61. The summed E-state index contributed by atoms with van der Waals surface area (Å²) < 4.78 is 47.2. The van der Waals surface area contributed by atoms with Crippen molar-refractivity contribution >= 4 is 34.2 Å². The van der Waals surface area contributed by atoms with Crippen LogP contribution in [-0.4, -0.2) is 48.4 Å². The number of carbonyl (C=O) groups is 2. The molecule has 0 spiro atoms. The summed E-state index contributed by atoms with van der Waals surface area (Å²) >= 11 is 0. The van der Waals surface area contributed by atoms with Gasteiger partial charge in [0.2, 0.25) is 0 Å². The van der Waals surface area contributed by atoms with Crippen LogP contribution in [0.4, 0.5) is 24.5 Å². The second-order valence-corrected chi connectivity index (χ2v) is 12.3. The number of benzene rings is 3. The molecular weight excluding hydrogens is 631 g/mol. The van der Waals surface area contributed by atoms with Crippen LogP contribution in [-0.2, 0) is 27.1 Å². The molecule has 1 aliphatic rings. The molecule has 0 saturated heterocycles. The number of alkyl halides is 2. The first-order valence-electron chi connectivity index (χ1n) is 15.7. The highest BCUT2D eigenvalue weighted by Crippen LogP contribution is 2.36. The topological polar surface area (TPSA) is 83.6 Å². The van der Waals surface area contributed by atoms with E-state index in [0.717, 1.165) is 33.1 Å². The van der Waals surface area contributed by atoms with Crippen LogP contribution >= 0.6 is 0 Å². The largest absolute Gasteiger partial charge is 0.508 e. The van der Waals surface area contributed by atoms with Gasteiger partial charge in [-0.25, -0.2) is 18.2 Å². The van der Waals surface area contributed by atoms with Crippen LogP contribution in [0.1, 0.15) is 37.5 Å². The van der Waals surface area contributed by atoms with E-state index in [1.807, 2.05) is 36.0 Å². The van der Waals surface area contributed by atoms with Gasteiger partial charge in [-0.05, 0) is 85.1 Å². The molecule has 0 radical (unpaired) electrons. The zero-order valence-corrected chi connectivity index (χ0v) is 26.9. The molecule has 3 aromatic carbocycles. The Balaban J connectivity index is 1.31. The van der Waals surface area contributed by atoms with E-state index in [4.69, 9.17) is 0 Å². The molecule has 4 heterocycles. The lowest BCUT2D eigenvalue weighted by Gasteiger charge is -2.37. The lowest BCUT2D eigenvalue weighted by atomic mass is 9.92. The highest BCUT2D eigenvalue weighted by atomic mass is 19.3. The van der Waals surface area contributed by atoms with Gasteiger partial charge in [-0.3, -0.25) is 14.5 Å². The average Bonchev–Trinajstić information content (AvgIpc) is 3.62. The Bertz CT molecular complexity index is 2240. The first kappa shape index (κ1) is 31.7. The molecule has 6 aromatic rings. The fraction of sp³-hybridized carbons (Fsp3) is 0.184. The molecule has 7 rings (SSSR count). The molecule has 0 fully saturated rings. The second kappa shape index (κ2) is 12.3. The zero-order valence-electron chi connectivity index (χ0n) is 26.9. The maximum atomic E-state index is 14.9. The van der Waals surface area contributed by atoms with Gasteiger partial charge in [-0.2, -0.15) is 0 Å². The van der Waals surface area contributed by atoms with Crippen LogP contribution in [0.3, 0.4) is 0 Å². The Labute approximate surface area is 280 Å². The number of fused-ring (bicyclic) bond motifs is 2. The molecule has 11 heteroatoms. The van der Waals surface area contributed by atoms with E-state index in [1.165, 1.54) is 29.2 Å². The van der Waals surface area contributed by atoms with Crippen molar-refractivity contribution in [3.63, 3.8) is 0 Å². The van der Waals surface area contributed by atoms with Crippen molar-refractivity contribution in [1.82, 2.24) is 19.0 Å². The third kappa shape index (κ3) is 5.60. The predicted octanol–water partition coefficient (Wildman–Crippen LogP) is 7.54. The van der Waals surface area contributed by atoms with E-state index in [2.05, 4.69) is 4.98 Å². The molecule has 8 nitrogen and oxygen atoms in total. The summed E-state index contributed by atoms with van der Waals surface area (Å²) in [5, 5.41) is 10.8. The van der Waals surface area contributed by atoms with Crippen LogP contribution in [0, 0.1) is 12.7 Å². The molecule has 0 bridgehead atoms. The van der Waals surface area contributed by atoms with Crippen LogP contribution in [0.5, 0.6) is 5.75 Å². The molecule has 1 atom stereocenters. The SMILES string of the molecule is Cc1c(C(=O)N(c2ccc(O)cc2)c2cnc3c(ccn3C)c2)cc(-c2cc(F)ccc2C(=O)N2Cc3ccccc3C[C@H]2C(F)F)n1C.